The van der Waals surface area contributed by atoms with E-state index in [1.807, 2.05) is 12.1 Å². The fourth-order valence-electron chi connectivity index (χ4n) is 6.66. The second-order valence-electron chi connectivity index (χ2n) is 9.78. The molecular formula is C23H27NO9. The van der Waals surface area contributed by atoms with E-state index in [0.29, 0.717) is 5.75 Å². The van der Waals surface area contributed by atoms with Crippen molar-refractivity contribution >= 4 is 5.97 Å². The zero-order chi connectivity index (χ0) is 23.2. The summed E-state index contributed by atoms with van der Waals surface area (Å²) < 4.78 is 17.7. The molecule has 6 rings (SSSR count). The van der Waals surface area contributed by atoms with Crippen LogP contribution in [0.5, 0.6) is 11.5 Å². The lowest BCUT2D eigenvalue weighted by molar-refractivity contribution is -0.307. The van der Waals surface area contributed by atoms with Crippen molar-refractivity contribution in [3.8, 4) is 11.5 Å². The van der Waals surface area contributed by atoms with E-state index in [0.717, 1.165) is 30.5 Å². The molecule has 2 aliphatic carbocycles. The number of carboxylic acid groups (broad SMARTS) is 1. The molecule has 0 amide bonds. The largest absolute Gasteiger partial charge is 0.504 e. The number of phenolic OH excluding ortho intramolecular Hbond substituents is 1. The number of piperidine rings is 1. The summed E-state index contributed by atoms with van der Waals surface area (Å²) in [6, 6.07) is 3.85. The Morgan fingerprint density at radius 3 is 2.73 bits per heavy atom. The van der Waals surface area contributed by atoms with E-state index in [2.05, 4.69) is 18.0 Å². The average Bonchev–Trinajstić information content (AvgIpc) is 3.14. The number of likely N-dealkylation sites (N-methyl/N-ethyl adjacent to an activating group) is 1. The number of aliphatic carboxylic acids is 1. The lowest BCUT2D eigenvalue weighted by Crippen LogP contribution is -2.66. The third kappa shape index (κ3) is 2.73. The van der Waals surface area contributed by atoms with Crippen molar-refractivity contribution in [1.29, 1.82) is 0 Å². The van der Waals surface area contributed by atoms with Crippen LogP contribution in [0.15, 0.2) is 24.3 Å². The SMILES string of the molecule is CN1CC[C@]23c4c5ccc(O)c4O[C@H]2[C@@H](O[C@H]2O[C@H](C(=O)O)[C@@H](O)[C@H](O)[C@H]2O)C=C[C@H]3[C@H]1C5. The summed E-state index contributed by atoms with van der Waals surface area (Å²) in [5.41, 5.74) is 1.69. The minimum absolute atomic E-state index is 0.0610. The fraction of sp³-hybridized carbons (Fsp3) is 0.609. The molecular weight excluding hydrogens is 434 g/mol. The molecule has 2 saturated heterocycles. The Kier molecular flexibility index (Phi) is 4.62. The summed E-state index contributed by atoms with van der Waals surface area (Å²) in [5.74, 6) is -0.824. The minimum Gasteiger partial charge on any atom is -0.504 e. The molecule has 10 heteroatoms. The average molecular weight is 461 g/mol. The van der Waals surface area contributed by atoms with Gasteiger partial charge in [0, 0.05) is 22.9 Å². The smallest absolute Gasteiger partial charge is 0.335 e. The molecule has 3 heterocycles. The standard InChI is InChI=1S/C23H27NO9/c1-24-7-6-23-10-3-5-13(31-22-17(28)15(26)16(27)19(33-22)21(29)30)20(23)32-18-12(25)4-2-9(14(18)23)8-11(10)24/h2-5,10-11,13,15-17,19-20,22,25-28H,6-8H2,1H3,(H,29,30)/t10-,11+,13-,15-,16-,17+,19-,20-,22-,23-/m0/s1. The first-order valence-corrected chi connectivity index (χ1v) is 11.2. The van der Waals surface area contributed by atoms with Crippen molar-refractivity contribution in [1.82, 2.24) is 4.90 Å². The maximum atomic E-state index is 11.5. The quantitative estimate of drug-likeness (QED) is 0.359. The van der Waals surface area contributed by atoms with E-state index in [9.17, 15) is 30.3 Å². The van der Waals surface area contributed by atoms with Crippen LogP contribution < -0.4 is 4.74 Å². The van der Waals surface area contributed by atoms with Gasteiger partial charge < -0.3 is 44.6 Å². The highest BCUT2D eigenvalue weighted by atomic mass is 16.7. The van der Waals surface area contributed by atoms with Crippen LogP contribution in [0.4, 0.5) is 0 Å². The number of ether oxygens (including phenoxy) is 3. The number of rotatable bonds is 3. The van der Waals surface area contributed by atoms with Gasteiger partial charge in [-0.15, -0.1) is 0 Å². The molecule has 2 fully saturated rings. The molecule has 3 aliphatic heterocycles. The maximum absolute atomic E-state index is 11.5. The second kappa shape index (κ2) is 7.14. The van der Waals surface area contributed by atoms with E-state index >= 15 is 0 Å². The number of aromatic hydroxyl groups is 1. The van der Waals surface area contributed by atoms with Gasteiger partial charge in [0.05, 0.1) is 0 Å². The number of carboxylic acids is 1. The van der Waals surface area contributed by atoms with Gasteiger partial charge in [-0.3, -0.25) is 0 Å². The molecule has 1 spiro atoms. The highest BCUT2D eigenvalue weighted by Gasteiger charge is 2.65. The number of hydrogen-bond acceptors (Lipinski definition) is 9. The molecule has 33 heavy (non-hydrogen) atoms. The monoisotopic (exact) mass is 461 g/mol. The van der Waals surface area contributed by atoms with Crippen LogP contribution in [0, 0.1) is 5.92 Å². The Labute approximate surface area is 189 Å². The Balaban J connectivity index is 1.38. The molecule has 178 valence electrons. The van der Waals surface area contributed by atoms with Gasteiger partial charge in [0.1, 0.15) is 30.5 Å². The van der Waals surface area contributed by atoms with Gasteiger partial charge in [-0.25, -0.2) is 4.79 Å². The Morgan fingerprint density at radius 2 is 1.97 bits per heavy atom. The predicted molar refractivity (Wildman–Crippen MR) is 111 cm³/mol. The first-order valence-electron chi connectivity index (χ1n) is 11.2. The van der Waals surface area contributed by atoms with Crippen LogP contribution in [-0.4, -0.2) is 98.9 Å². The van der Waals surface area contributed by atoms with Gasteiger partial charge in [0.25, 0.3) is 0 Å². The van der Waals surface area contributed by atoms with Gasteiger partial charge in [0.2, 0.25) is 0 Å². The number of hydrogen-bond donors (Lipinski definition) is 5. The van der Waals surface area contributed by atoms with E-state index < -0.39 is 54.3 Å². The molecule has 0 aromatic heterocycles. The van der Waals surface area contributed by atoms with Crippen LogP contribution in [0.25, 0.3) is 0 Å². The predicted octanol–water partition coefficient (Wildman–Crippen LogP) is -0.885. The first-order chi connectivity index (χ1) is 15.7. The molecule has 5 N–H and O–H groups in total. The van der Waals surface area contributed by atoms with E-state index in [-0.39, 0.29) is 17.7 Å². The van der Waals surface area contributed by atoms with Gasteiger partial charge in [-0.1, -0.05) is 18.2 Å². The lowest BCUT2D eigenvalue weighted by Gasteiger charge is -2.57. The molecule has 1 aromatic rings. The summed E-state index contributed by atoms with van der Waals surface area (Å²) in [4.78, 5) is 13.8. The Hall–Kier alpha value is -2.21. The second-order valence-corrected chi connectivity index (χ2v) is 9.78. The molecule has 2 bridgehead atoms. The van der Waals surface area contributed by atoms with Crippen molar-refractivity contribution in [3.05, 3.63) is 35.4 Å². The number of aliphatic hydroxyl groups is 3. The van der Waals surface area contributed by atoms with E-state index in [1.54, 1.807) is 6.07 Å². The van der Waals surface area contributed by atoms with Crippen molar-refractivity contribution in [3.63, 3.8) is 0 Å². The first kappa shape index (κ1) is 21.3. The third-order valence-electron chi connectivity index (χ3n) is 8.23. The minimum atomic E-state index is -1.79. The summed E-state index contributed by atoms with van der Waals surface area (Å²) in [6.45, 7) is 0.838. The molecule has 0 radical (unpaired) electrons. The third-order valence-corrected chi connectivity index (χ3v) is 8.23. The Morgan fingerprint density at radius 1 is 1.18 bits per heavy atom. The van der Waals surface area contributed by atoms with Crippen LogP contribution in [-0.2, 0) is 26.1 Å². The number of likely N-dealkylation sites (tertiary alicyclic amines) is 1. The molecule has 5 aliphatic rings. The highest BCUT2D eigenvalue weighted by molar-refractivity contribution is 5.73. The van der Waals surface area contributed by atoms with Crippen molar-refractivity contribution in [2.45, 2.75) is 67.2 Å². The molecule has 10 atom stereocenters. The zero-order valence-corrected chi connectivity index (χ0v) is 17.9. The fourth-order valence-corrected chi connectivity index (χ4v) is 6.66. The van der Waals surface area contributed by atoms with Crippen LogP contribution in [0.1, 0.15) is 17.5 Å². The topological polar surface area (TPSA) is 149 Å². The van der Waals surface area contributed by atoms with Crippen molar-refractivity contribution in [2.75, 3.05) is 13.6 Å². The van der Waals surface area contributed by atoms with Crippen molar-refractivity contribution < 1.29 is 44.5 Å². The summed E-state index contributed by atoms with van der Waals surface area (Å²) >= 11 is 0. The number of benzene rings is 1. The molecule has 0 unspecified atom stereocenters. The molecule has 10 nitrogen and oxygen atoms in total. The van der Waals surface area contributed by atoms with Crippen LogP contribution >= 0.6 is 0 Å². The number of nitrogens with zero attached hydrogens (tertiary/aromatic N) is 1. The van der Waals surface area contributed by atoms with Gasteiger partial charge in [-0.2, -0.15) is 0 Å². The molecule has 0 saturated carbocycles. The van der Waals surface area contributed by atoms with Crippen LogP contribution in [0.3, 0.4) is 0 Å². The van der Waals surface area contributed by atoms with E-state index in [4.69, 9.17) is 14.2 Å². The maximum Gasteiger partial charge on any atom is 0.335 e. The number of aliphatic hydroxyl groups excluding tert-OH is 3. The number of phenols is 1. The molecule has 1 aromatic carbocycles. The summed E-state index contributed by atoms with van der Waals surface area (Å²) in [6.07, 6.45) is -4.16. The van der Waals surface area contributed by atoms with Gasteiger partial charge >= 0.3 is 5.97 Å². The van der Waals surface area contributed by atoms with Gasteiger partial charge in [0.15, 0.2) is 23.9 Å². The Bertz CT molecular complexity index is 1030. The van der Waals surface area contributed by atoms with Gasteiger partial charge in [-0.05, 0) is 38.1 Å². The van der Waals surface area contributed by atoms with Crippen molar-refractivity contribution in [2.24, 2.45) is 5.92 Å². The lowest BCUT2D eigenvalue weighted by atomic mass is 9.53. The van der Waals surface area contributed by atoms with E-state index in [1.165, 1.54) is 0 Å². The highest BCUT2D eigenvalue weighted by Crippen LogP contribution is 2.62. The zero-order valence-electron chi connectivity index (χ0n) is 17.9. The van der Waals surface area contributed by atoms with Crippen LogP contribution in [0.2, 0.25) is 0 Å². The summed E-state index contributed by atoms with van der Waals surface area (Å²) in [7, 11) is 2.11. The normalized spacial score (nSPS) is 45.4. The number of carbonyl (C=O) groups is 1. The summed E-state index contributed by atoms with van der Waals surface area (Å²) in [5, 5.41) is 50.5.